The number of hydrogen-bond acceptors (Lipinski definition) is 7. The first-order valence-electron chi connectivity index (χ1n) is 2.26. The van der Waals surface area contributed by atoms with Gasteiger partial charge < -0.3 is 43.5 Å². The maximum atomic E-state index is 9.63. The monoisotopic (exact) mass is 371 g/mol. The molecule has 0 spiro atoms. The van der Waals surface area contributed by atoms with Crippen molar-refractivity contribution in [3.8, 4) is 0 Å². The van der Waals surface area contributed by atoms with E-state index in [0.29, 0.717) is 0 Å². The van der Waals surface area contributed by atoms with Crippen molar-refractivity contribution in [3.63, 3.8) is 0 Å². The van der Waals surface area contributed by atoms with Gasteiger partial charge in [0.2, 0.25) is 0 Å². The second-order valence-electron chi connectivity index (χ2n) is 1.51. The van der Waals surface area contributed by atoms with Gasteiger partial charge in [0.05, 0.1) is 0 Å². The van der Waals surface area contributed by atoms with Gasteiger partial charge in [0.1, 0.15) is 0 Å². The van der Waals surface area contributed by atoms with Crippen molar-refractivity contribution in [2.45, 2.75) is 0 Å². The summed E-state index contributed by atoms with van der Waals surface area (Å²) in [7, 11) is -15.5. The predicted molar refractivity (Wildman–Crippen MR) is 32.8 cm³/mol. The van der Waals surface area contributed by atoms with Crippen LogP contribution >= 0.6 is 23.5 Å². The largest absolute Gasteiger partial charge is 3.00 e. The second kappa shape index (κ2) is 11.6. The Kier molecular flexibility index (Phi) is 21.4. The molecule has 1 radical (unpaired) electrons. The average Bonchev–Trinajstić information content (AvgIpc) is 1.42. The molecule has 0 bridgehead atoms. The molecule has 0 fully saturated rings. The molecule has 0 aromatic carbocycles. The van der Waals surface area contributed by atoms with E-state index in [1.165, 1.54) is 0 Å². The third-order valence-electron chi connectivity index (χ3n) is 0.213. The Hall–Kier alpha value is 1.82. The van der Waals surface area contributed by atoms with Crippen molar-refractivity contribution in [1.29, 1.82) is 0 Å². The van der Waals surface area contributed by atoms with E-state index in [-0.39, 0.29) is 51.3 Å². The molecule has 0 amide bonds. The van der Waals surface area contributed by atoms with Crippen molar-refractivity contribution < 1.29 is 104 Å². The van der Waals surface area contributed by atoms with Crippen molar-refractivity contribution in [2.24, 2.45) is 0 Å². The zero-order valence-electron chi connectivity index (χ0n) is 7.72. The third kappa shape index (κ3) is 72.9. The summed E-state index contributed by atoms with van der Waals surface area (Å²) < 4.78 is 30.8. The van der Waals surface area contributed by atoms with E-state index in [1.54, 1.807) is 0 Å². The molecule has 0 saturated heterocycles. The van der Waals surface area contributed by atoms with Crippen LogP contribution in [0.5, 0.6) is 0 Å². The smallest absolute Gasteiger partial charge is 1.00 e. The third-order valence-corrected chi connectivity index (χ3v) is 1.91. The van der Waals surface area contributed by atoms with Gasteiger partial charge in [-0.3, -0.25) is 0 Å². The van der Waals surface area contributed by atoms with Crippen LogP contribution in [0.3, 0.4) is 0 Å². The van der Waals surface area contributed by atoms with E-state index in [2.05, 4.69) is 4.31 Å². The number of phosphoric acid groups is 3. The molecule has 0 aliphatic heterocycles. The summed E-state index contributed by atoms with van der Waals surface area (Å²) in [4.78, 5) is 56.6. The molecule has 0 atom stereocenters. The topological polar surface area (TPSA) is 211 Å². The van der Waals surface area contributed by atoms with Gasteiger partial charge in [-0.15, -0.1) is 0 Å². The Bertz CT molecular complexity index is 270. The maximum Gasteiger partial charge on any atom is 3.00 e. The van der Waals surface area contributed by atoms with E-state index in [9.17, 15) is 9.13 Å². The zero-order chi connectivity index (χ0) is 12.2. The minimum atomic E-state index is -5.39. The molecule has 0 aliphatic carbocycles. The molecule has 0 aromatic rings. The molecule has 0 rings (SSSR count). The Labute approximate surface area is 126 Å². The van der Waals surface area contributed by atoms with Crippen LogP contribution < -0.4 is 48.9 Å². The summed E-state index contributed by atoms with van der Waals surface area (Å²) in [6.07, 6.45) is 0. The van der Waals surface area contributed by atoms with Gasteiger partial charge in [-0.05, 0) is 0 Å². The molecule has 0 aromatic heterocycles. The van der Waals surface area contributed by atoms with Crippen molar-refractivity contribution in [2.75, 3.05) is 0 Å². The molecule has 101 valence electrons. The number of halogens is 1. The molecule has 17 heavy (non-hydrogen) atoms. The first-order chi connectivity index (χ1) is 5.71. The number of hydrogen-bond donors (Lipinski definition) is 4. The molecule has 0 saturated carbocycles. The summed E-state index contributed by atoms with van der Waals surface area (Å²) in [5, 5.41) is 0. The molecule has 17 heteroatoms. The minimum Gasteiger partial charge on any atom is -1.00 e. The van der Waals surface area contributed by atoms with Gasteiger partial charge in [-0.2, -0.15) is 12.1 Å². The fourth-order valence-corrected chi connectivity index (χ4v) is 1.25. The Balaban J connectivity index is -0.0000000533. The van der Waals surface area contributed by atoms with Crippen LogP contribution in [0.4, 0.5) is 0 Å². The Morgan fingerprint density at radius 2 is 0.941 bits per heavy atom. The fourth-order valence-electron chi connectivity index (χ4n) is 0.139. The molecule has 4 N–H and O–H groups in total. The first-order valence-corrected chi connectivity index (χ1v) is 6.78. The molecule has 11 nitrogen and oxygen atoms in total. The van der Waals surface area contributed by atoms with E-state index in [4.69, 9.17) is 38.8 Å². The van der Waals surface area contributed by atoms with Gasteiger partial charge in [0.15, 0.2) is 0 Å². The van der Waals surface area contributed by atoms with E-state index in [1.807, 2.05) is 0 Å². The van der Waals surface area contributed by atoms with Crippen LogP contribution in [0.2, 0.25) is 0 Å². The molecular formula is H4FFeNaO11P3. The number of rotatable bonds is 2. The van der Waals surface area contributed by atoms with Gasteiger partial charge in [-0.25, -0.2) is 9.13 Å². The van der Waals surface area contributed by atoms with Crippen LogP contribution in [0.15, 0.2) is 0 Å². The quantitative estimate of drug-likeness (QED) is 0.264. The summed E-state index contributed by atoms with van der Waals surface area (Å²) >= 11 is 0. The van der Waals surface area contributed by atoms with E-state index < -0.39 is 23.5 Å². The summed E-state index contributed by atoms with van der Waals surface area (Å²) in [6.45, 7) is 0. The van der Waals surface area contributed by atoms with E-state index >= 15 is 0 Å². The van der Waals surface area contributed by atoms with Crippen molar-refractivity contribution in [3.05, 3.63) is 0 Å². The summed E-state index contributed by atoms with van der Waals surface area (Å²) in [5.41, 5.74) is 0. The minimum absolute atomic E-state index is 0. The zero-order valence-corrected chi connectivity index (χ0v) is 13.5. The standard InChI is InChI=1S/FH.Fe.Na.H4O7P2.H3O4P/c;;;1-8(2,3)7-9(4,5)6;1-5(2,3)4/h1H;;;(H2,1,2,3)(H2,4,5,6);(H3,1,2,3,4)/q;+3;+1;;/p-4. The van der Waals surface area contributed by atoms with Gasteiger partial charge >= 0.3 is 62.3 Å². The van der Waals surface area contributed by atoms with Crippen molar-refractivity contribution >= 4 is 23.5 Å². The van der Waals surface area contributed by atoms with Crippen LogP contribution in [0.25, 0.3) is 0 Å². The van der Waals surface area contributed by atoms with Gasteiger partial charge in [0, 0.05) is 0 Å². The SMILES string of the molecule is O=P(O)(O)OP(=O)(O)O.O=P([O-])([O-])[O-].[F-].[Fe+3].[Na+]. The Morgan fingerprint density at radius 3 is 0.941 bits per heavy atom. The maximum absolute atomic E-state index is 9.63. The first kappa shape index (κ1) is 31.3. The van der Waals surface area contributed by atoms with Crippen LogP contribution in [0.1, 0.15) is 0 Å². The molecule has 0 aliphatic rings. The predicted octanol–water partition coefficient (Wildman–Crippen LogP) is -9.63. The Morgan fingerprint density at radius 1 is 0.824 bits per heavy atom. The fraction of sp³-hybridized carbons (Fsp3) is 0. The van der Waals surface area contributed by atoms with Crippen LogP contribution in [-0.4, -0.2) is 19.6 Å². The van der Waals surface area contributed by atoms with Crippen molar-refractivity contribution in [1.82, 2.24) is 0 Å². The average molecular weight is 371 g/mol. The van der Waals surface area contributed by atoms with Crippen LogP contribution in [-0.2, 0) is 35.1 Å². The molecule has 0 heterocycles. The normalized spacial score (nSPS) is 10.8. The summed E-state index contributed by atoms with van der Waals surface area (Å²) in [6, 6.07) is 0. The van der Waals surface area contributed by atoms with Gasteiger partial charge in [0.25, 0.3) is 0 Å². The molecule has 0 unspecified atom stereocenters. The second-order valence-corrected chi connectivity index (χ2v) is 5.02. The van der Waals surface area contributed by atoms with Gasteiger partial charge in [-0.1, -0.05) is 0 Å². The molecular weight excluding hydrogens is 367 g/mol. The summed E-state index contributed by atoms with van der Waals surface area (Å²) in [5.74, 6) is 0. The van der Waals surface area contributed by atoms with E-state index in [0.717, 1.165) is 0 Å². The van der Waals surface area contributed by atoms with Crippen LogP contribution in [0, 0.1) is 0 Å².